The van der Waals surface area contributed by atoms with Crippen molar-refractivity contribution >= 4 is 40.1 Å². The van der Waals surface area contributed by atoms with E-state index in [2.05, 4.69) is 22.6 Å². The Morgan fingerprint density at radius 1 is 1.59 bits per heavy atom. The van der Waals surface area contributed by atoms with Crippen LogP contribution in [0.1, 0.15) is 16.8 Å². The molecule has 1 atom stereocenters. The summed E-state index contributed by atoms with van der Waals surface area (Å²) >= 11 is 8.08. The van der Waals surface area contributed by atoms with E-state index in [1.54, 1.807) is 12.1 Å². The van der Waals surface area contributed by atoms with Gasteiger partial charge in [-0.15, -0.1) is 0 Å². The smallest absolute Gasteiger partial charge is 0.253 e. The summed E-state index contributed by atoms with van der Waals surface area (Å²) < 4.78 is 0.907. The van der Waals surface area contributed by atoms with E-state index in [1.165, 1.54) is 0 Å². The van der Waals surface area contributed by atoms with E-state index in [4.69, 9.17) is 17.3 Å². The predicted molar refractivity (Wildman–Crippen MR) is 77.2 cm³/mol. The van der Waals surface area contributed by atoms with Gasteiger partial charge in [-0.05, 0) is 59.7 Å². The fourth-order valence-electron chi connectivity index (χ4n) is 2.02. The summed E-state index contributed by atoms with van der Waals surface area (Å²) in [4.78, 5) is 14.1. The number of halogens is 2. The molecular weight excluding hydrogens is 351 g/mol. The molecule has 1 aromatic carbocycles. The lowest BCUT2D eigenvalue weighted by molar-refractivity contribution is 0.0787. The van der Waals surface area contributed by atoms with E-state index in [1.807, 2.05) is 11.0 Å². The summed E-state index contributed by atoms with van der Waals surface area (Å²) in [7, 11) is 0. The summed E-state index contributed by atoms with van der Waals surface area (Å²) in [5.74, 6) is 0.529. The molecule has 0 bridgehead atoms. The van der Waals surface area contributed by atoms with Gasteiger partial charge in [0.1, 0.15) is 0 Å². The van der Waals surface area contributed by atoms with Crippen molar-refractivity contribution in [3.05, 3.63) is 32.4 Å². The molecule has 0 spiro atoms. The lowest BCUT2D eigenvalue weighted by atomic mass is 10.1. The minimum absolute atomic E-state index is 0.0792. The molecule has 1 aliphatic rings. The summed E-state index contributed by atoms with van der Waals surface area (Å²) in [5, 5.41) is 0.684. The molecule has 17 heavy (non-hydrogen) atoms. The summed E-state index contributed by atoms with van der Waals surface area (Å²) in [6, 6.07) is 5.39. The molecule has 1 saturated heterocycles. The van der Waals surface area contributed by atoms with Crippen molar-refractivity contribution in [1.82, 2.24) is 4.90 Å². The monoisotopic (exact) mass is 364 g/mol. The molecule has 1 aromatic rings. The molecule has 1 unspecified atom stereocenters. The van der Waals surface area contributed by atoms with E-state index in [-0.39, 0.29) is 5.91 Å². The summed E-state index contributed by atoms with van der Waals surface area (Å²) in [6.45, 7) is 2.23. The highest BCUT2D eigenvalue weighted by Gasteiger charge is 2.26. The van der Waals surface area contributed by atoms with Gasteiger partial charge in [0, 0.05) is 22.2 Å². The normalized spacial score (nSPS) is 19.7. The van der Waals surface area contributed by atoms with E-state index in [0.29, 0.717) is 23.0 Å². The average molecular weight is 365 g/mol. The zero-order valence-corrected chi connectivity index (χ0v) is 12.2. The van der Waals surface area contributed by atoms with E-state index in [9.17, 15) is 4.79 Å². The summed E-state index contributed by atoms with van der Waals surface area (Å²) in [6.07, 6.45) is 1.01. The molecule has 3 nitrogen and oxygen atoms in total. The van der Waals surface area contributed by atoms with Gasteiger partial charge in [-0.1, -0.05) is 11.6 Å². The van der Waals surface area contributed by atoms with Gasteiger partial charge >= 0.3 is 0 Å². The topological polar surface area (TPSA) is 46.3 Å². The molecule has 1 amide bonds. The molecular formula is C12H14ClIN2O. The standard InChI is InChI=1S/C12H14ClIN2O/c13-10-2-1-9(5-11(10)14)12(17)16-4-3-8(6-15)7-16/h1-2,5,8H,3-4,6-7,15H2. The minimum atomic E-state index is 0.0792. The van der Waals surface area contributed by atoms with Crippen LogP contribution in [0.2, 0.25) is 5.02 Å². The molecule has 0 aromatic heterocycles. The maximum atomic E-state index is 12.2. The minimum Gasteiger partial charge on any atom is -0.338 e. The van der Waals surface area contributed by atoms with Gasteiger partial charge in [0.15, 0.2) is 0 Å². The average Bonchev–Trinajstić information content (AvgIpc) is 2.80. The van der Waals surface area contributed by atoms with Crippen LogP contribution in [0.4, 0.5) is 0 Å². The Balaban J connectivity index is 2.12. The molecule has 2 N–H and O–H groups in total. The highest BCUT2D eigenvalue weighted by atomic mass is 127. The number of nitrogens with two attached hydrogens (primary N) is 1. The molecule has 0 saturated carbocycles. The van der Waals surface area contributed by atoms with Crippen LogP contribution in [0.15, 0.2) is 18.2 Å². The Labute approximate surface area is 119 Å². The molecule has 92 valence electrons. The number of hydrogen-bond donors (Lipinski definition) is 1. The number of amides is 1. The van der Waals surface area contributed by atoms with Gasteiger partial charge in [-0.3, -0.25) is 4.79 Å². The van der Waals surface area contributed by atoms with Crippen molar-refractivity contribution in [1.29, 1.82) is 0 Å². The van der Waals surface area contributed by atoms with Crippen molar-refractivity contribution in [3.63, 3.8) is 0 Å². The Morgan fingerprint density at radius 3 is 2.94 bits per heavy atom. The van der Waals surface area contributed by atoms with Crippen molar-refractivity contribution < 1.29 is 4.79 Å². The second kappa shape index (κ2) is 5.54. The van der Waals surface area contributed by atoms with Crippen LogP contribution in [0.5, 0.6) is 0 Å². The number of rotatable bonds is 2. The van der Waals surface area contributed by atoms with Gasteiger partial charge in [0.05, 0.1) is 5.02 Å². The Kier molecular flexibility index (Phi) is 4.27. The van der Waals surface area contributed by atoms with Crippen LogP contribution in [-0.2, 0) is 0 Å². The van der Waals surface area contributed by atoms with Crippen LogP contribution >= 0.6 is 34.2 Å². The zero-order valence-electron chi connectivity index (χ0n) is 9.33. The van der Waals surface area contributed by atoms with Gasteiger partial charge in [0.2, 0.25) is 0 Å². The van der Waals surface area contributed by atoms with Gasteiger partial charge in [0.25, 0.3) is 5.91 Å². The van der Waals surface area contributed by atoms with E-state index in [0.717, 1.165) is 23.1 Å². The number of benzene rings is 1. The second-order valence-electron chi connectivity index (χ2n) is 4.27. The van der Waals surface area contributed by atoms with Gasteiger partial charge < -0.3 is 10.6 Å². The maximum absolute atomic E-state index is 12.2. The third kappa shape index (κ3) is 2.92. The van der Waals surface area contributed by atoms with Gasteiger partial charge in [-0.25, -0.2) is 0 Å². The van der Waals surface area contributed by atoms with Crippen molar-refractivity contribution in [2.24, 2.45) is 11.7 Å². The highest BCUT2D eigenvalue weighted by Crippen LogP contribution is 2.22. The SMILES string of the molecule is NCC1CCN(C(=O)c2ccc(Cl)c(I)c2)C1. The number of carbonyl (C=O) groups is 1. The first kappa shape index (κ1) is 13.1. The number of hydrogen-bond acceptors (Lipinski definition) is 2. The third-order valence-electron chi connectivity index (χ3n) is 3.07. The zero-order chi connectivity index (χ0) is 12.4. The molecule has 1 aliphatic heterocycles. The molecule has 1 fully saturated rings. The van der Waals surface area contributed by atoms with E-state index >= 15 is 0 Å². The lowest BCUT2D eigenvalue weighted by Crippen LogP contribution is -2.29. The maximum Gasteiger partial charge on any atom is 0.253 e. The highest BCUT2D eigenvalue weighted by molar-refractivity contribution is 14.1. The first-order valence-electron chi connectivity index (χ1n) is 5.56. The van der Waals surface area contributed by atoms with Crippen LogP contribution in [0.25, 0.3) is 0 Å². The number of likely N-dealkylation sites (tertiary alicyclic amines) is 1. The van der Waals surface area contributed by atoms with Gasteiger partial charge in [-0.2, -0.15) is 0 Å². The Morgan fingerprint density at radius 2 is 2.35 bits per heavy atom. The van der Waals surface area contributed by atoms with Crippen LogP contribution < -0.4 is 5.73 Å². The largest absolute Gasteiger partial charge is 0.338 e. The van der Waals surface area contributed by atoms with E-state index < -0.39 is 0 Å². The fourth-order valence-corrected chi connectivity index (χ4v) is 2.65. The Bertz CT molecular complexity index is 439. The summed E-state index contributed by atoms with van der Waals surface area (Å²) in [5.41, 5.74) is 6.33. The quantitative estimate of drug-likeness (QED) is 0.819. The number of nitrogens with zero attached hydrogens (tertiary/aromatic N) is 1. The third-order valence-corrected chi connectivity index (χ3v) is 4.61. The molecule has 2 rings (SSSR count). The fraction of sp³-hybridized carbons (Fsp3) is 0.417. The molecule has 0 radical (unpaired) electrons. The predicted octanol–water partition coefficient (Wildman–Crippen LogP) is 2.37. The van der Waals surface area contributed by atoms with Crippen molar-refractivity contribution in [2.45, 2.75) is 6.42 Å². The molecule has 0 aliphatic carbocycles. The second-order valence-corrected chi connectivity index (χ2v) is 5.84. The first-order chi connectivity index (χ1) is 8.11. The van der Waals surface area contributed by atoms with Crippen molar-refractivity contribution in [3.8, 4) is 0 Å². The van der Waals surface area contributed by atoms with Crippen LogP contribution in [0.3, 0.4) is 0 Å². The molecule has 1 heterocycles. The van der Waals surface area contributed by atoms with Crippen LogP contribution in [-0.4, -0.2) is 30.4 Å². The lowest BCUT2D eigenvalue weighted by Gasteiger charge is -2.16. The number of carbonyl (C=O) groups excluding carboxylic acids is 1. The van der Waals surface area contributed by atoms with Crippen molar-refractivity contribution in [2.75, 3.05) is 19.6 Å². The molecule has 5 heteroatoms. The van der Waals surface area contributed by atoms with Crippen LogP contribution in [0, 0.1) is 9.49 Å². The first-order valence-corrected chi connectivity index (χ1v) is 7.02. The Hall–Kier alpha value is -0.330.